The number of rotatable bonds is 0. The highest BCUT2D eigenvalue weighted by atomic mass is 35.6. The topological polar surface area (TPSA) is 0 Å². The van der Waals surface area contributed by atoms with Crippen LogP contribution in [-0.4, -0.2) is 7.38 Å². The zero-order valence-corrected chi connectivity index (χ0v) is 8.81. The largest absolute Gasteiger partial charge is 0.181 e. The van der Waals surface area contributed by atoms with Gasteiger partial charge in [0.05, 0.1) is 0 Å². The number of hydrogen-bond acceptors (Lipinski definition) is 0. The highest BCUT2D eigenvalue weighted by Crippen LogP contribution is 2.26. The zero-order chi connectivity index (χ0) is 8.60. The Bertz CT molecular complexity index is 328. The molecule has 1 aliphatic heterocycles. The number of hydrogen-bond donors (Lipinski definition) is 0. The fraction of sp³-hybridized carbons (Fsp3) is 0.200. The molecule has 0 fully saturated rings. The molecule has 0 amide bonds. The van der Waals surface area contributed by atoms with Gasteiger partial charge in [-0.15, -0.1) is 0 Å². The minimum absolute atomic E-state index is 1.07. The summed E-state index contributed by atoms with van der Waals surface area (Å²) < 4.78 is 0. The van der Waals surface area contributed by atoms with Gasteiger partial charge >= 0.3 is 0 Å². The van der Waals surface area contributed by atoms with Crippen molar-refractivity contribution in [2.75, 3.05) is 0 Å². The van der Waals surface area contributed by atoms with Gasteiger partial charge in [-0.25, -0.2) is 0 Å². The summed E-state index contributed by atoms with van der Waals surface area (Å²) in [6.45, 7) is 2.18. The van der Waals surface area contributed by atoms with Crippen LogP contribution in [0.2, 0.25) is 6.55 Å². The first-order valence-electron chi connectivity index (χ1n) is 4.13. The molecule has 1 atom stereocenters. The zero-order valence-electron chi connectivity index (χ0n) is 7.05. The molecule has 1 aromatic rings. The normalized spacial score (nSPS) is 26.8. The molecule has 0 N–H and O–H groups in total. The molecule has 0 aromatic heterocycles. The molecule has 1 unspecified atom stereocenters. The van der Waals surface area contributed by atoms with Crippen LogP contribution in [0.3, 0.4) is 0 Å². The van der Waals surface area contributed by atoms with Crippen molar-refractivity contribution < 1.29 is 0 Å². The maximum Gasteiger partial charge on any atom is 0.181 e. The molecular weight excluding hydrogens is 184 g/mol. The van der Waals surface area contributed by atoms with Gasteiger partial charge in [-0.1, -0.05) is 42.6 Å². The van der Waals surface area contributed by atoms with Gasteiger partial charge in [0.15, 0.2) is 7.38 Å². The minimum atomic E-state index is -1.55. The number of halogens is 1. The summed E-state index contributed by atoms with van der Waals surface area (Å²) in [4.78, 5) is 0. The lowest BCUT2D eigenvalue weighted by Crippen LogP contribution is -2.26. The minimum Gasteiger partial charge on any atom is -0.161 e. The maximum atomic E-state index is 6.35. The molecule has 2 heteroatoms. The molecule has 1 aromatic carbocycles. The molecular formula is C10H11ClSi. The Morgan fingerprint density at radius 2 is 2.08 bits per heavy atom. The molecule has 2 rings (SSSR count). The van der Waals surface area contributed by atoms with Crippen LogP contribution in [0.4, 0.5) is 0 Å². The van der Waals surface area contributed by atoms with Gasteiger partial charge < -0.3 is 0 Å². The van der Waals surface area contributed by atoms with Crippen molar-refractivity contribution in [2.45, 2.75) is 12.6 Å². The highest BCUT2D eigenvalue weighted by molar-refractivity contribution is 7.22. The molecule has 0 radical (unpaired) electrons. The molecule has 12 heavy (non-hydrogen) atoms. The summed E-state index contributed by atoms with van der Waals surface area (Å²) in [5.74, 6) is 0. The fourth-order valence-electron chi connectivity index (χ4n) is 1.55. The van der Waals surface area contributed by atoms with Gasteiger partial charge in [0.1, 0.15) is 0 Å². The van der Waals surface area contributed by atoms with Crippen LogP contribution in [0.25, 0.3) is 6.08 Å². The Kier molecular flexibility index (Phi) is 1.85. The number of fused-ring (bicyclic) bond motifs is 1. The van der Waals surface area contributed by atoms with Crippen LogP contribution in [0.1, 0.15) is 11.1 Å². The monoisotopic (exact) mass is 194 g/mol. The molecule has 0 aliphatic carbocycles. The van der Waals surface area contributed by atoms with E-state index in [-0.39, 0.29) is 0 Å². The van der Waals surface area contributed by atoms with E-state index in [1.54, 1.807) is 0 Å². The summed E-state index contributed by atoms with van der Waals surface area (Å²) in [5.41, 5.74) is 4.95. The van der Waals surface area contributed by atoms with E-state index in [0.717, 1.165) is 6.04 Å². The highest BCUT2D eigenvalue weighted by Gasteiger charge is 2.25. The van der Waals surface area contributed by atoms with Crippen molar-refractivity contribution in [1.82, 2.24) is 0 Å². The van der Waals surface area contributed by atoms with Crippen molar-refractivity contribution in [1.29, 1.82) is 0 Å². The number of benzene rings is 1. The van der Waals surface area contributed by atoms with Crippen LogP contribution in [-0.2, 0) is 6.04 Å². The summed E-state index contributed by atoms with van der Waals surface area (Å²) in [5, 5.41) is 0. The first-order chi connectivity index (χ1) is 5.67. The standard InChI is InChI=1S/C10H11ClSi/c1-12(11)7-6-9-4-2-3-5-10(9)8-12/h2-7H,8H2,1H3. The average Bonchev–Trinajstić information content (AvgIpc) is 2.02. The second-order valence-electron chi connectivity index (χ2n) is 3.49. The second-order valence-corrected chi connectivity index (χ2v) is 9.32. The molecule has 1 aliphatic rings. The Labute approximate surface area is 78.6 Å². The Hall–Kier alpha value is -0.533. The van der Waals surface area contributed by atoms with E-state index in [9.17, 15) is 0 Å². The van der Waals surface area contributed by atoms with E-state index < -0.39 is 7.38 Å². The van der Waals surface area contributed by atoms with E-state index in [1.807, 2.05) is 0 Å². The van der Waals surface area contributed by atoms with Gasteiger partial charge in [-0.3, -0.25) is 0 Å². The molecule has 0 saturated heterocycles. The molecule has 0 saturated carbocycles. The van der Waals surface area contributed by atoms with Crippen molar-refractivity contribution in [3.8, 4) is 0 Å². The predicted molar refractivity (Wildman–Crippen MR) is 56.7 cm³/mol. The van der Waals surface area contributed by atoms with E-state index in [0.29, 0.717) is 0 Å². The molecule has 1 heterocycles. The van der Waals surface area contributed by atoms with Crippen molar-refractivity contribution in [3.63, 3.8) is 0 Å². The lowest BCUT2D eigenvalue weighted by atomic mass is 10.1. The summed E-state index contributed by atoms with van der Waals surface area (Å²) in [6.07, 6.45) is 2.16. The first-order valence-corrected chi connectivity index (χ1v) is 7.93. The van der Waals surface area contributed by atoms with Gasteiger partial charge in [0.2, 0.25) is 0 Å². The second kappa shape index (κ2) is 2.75. The van der Waals surface area contributed by atoms with E-state index in [1.165, 1.54) is 11.1 Å². The molecule has 0 bridgehead atoms. The van der Waals surface area contributed by atoms with Gasteiger partial charge in [-0.2, -0.15) is 11.1 Å². The Morgan fingerprint density at radius 1 is 1.33 bits per heavy atom. The van der Waals surface area contributed by atoms with Gasteiger partial charge in [-0.05, 0) is 17.2 Å². The third-order valence-electron chi connectivity index (χ3n) is 2.20. The summed E-state index contributed by atoms with van der Waals surface area (Å²) in [6, 6.07) is 9.54. The maximum absolute atomic E-state index is 6.35. The first kappa shape index (κ1) is 8.08. The van der Waals surface area contributed by atoms with Crippen LogP contribution in [0.5, 0.6) is 0 Å². The lowest BCUT2D eigenvalue weighted by Gasteiger charge is -2.20. The van der Waals surface area contributed by atoms with Crippen molar-refractivity contribution in [3.05, 3.63) is 41.1 Å². The smallest absolute Gasteiger partial charge is 0.161 e. The fourth-order valence-corrected chi connectivity index (χ4v) is 3.89. The quantitative estimate of drug-likeness (QED) is 0.440. The molecule has 0 nitrogen and oxygen atoms in total. The summed E-state index contributed by atoms with van der Waals surface area (Å²) >= 11 is 6.35. The van der Waals surface area contributed by atoms with Gasteiger partial charge in [0, 0.05) is 0 Å². The van der Waals surface area contributed by atoms with Gasteiger partial charge in [0.25, 0.3) is 0 Å². The van der Waals surface area contributed by atoms with Crippen LogP contribution in [0.15, 0.2) is 30.0 Å². The lowest BCUT2D eigenvalue weighted by molar-refractivity contribution is 1.32. The van der Waals surface area contributed by atoms with E-state index in [4.69, 9.17) is 11.1 Å². The third-order valence-corrected chi connectivity index (χ3v) is 4.91. The predicted octanol–water partition coefficient (Wildman–Crippen LogP) is 3.15. The van der Waals surface area contributed by atoms with E-state index in [2.05, 4.69) is 42.6 Å². The van der Waals surface area contributed by atoms with Crippen molar-refractivity contribution >= 4 is 24.5 Å². The van der Waals surface area contributed by atoms with Crippen molar-refractivity contribution in [2.24, 2.45) is 0 Å². The van der Waals surface area contributed by atoms with Crippen LogP contribution >= 0.6 is 11.1 Å². The van der Waals surface area contributed by atoms with Crippen LogP contribution < -0.4 is 0 Å². The third kappa shape index (κ3) is 1.47. The Balaban J connectivity index is 2.46. The SMILES string of the molecule is C[Si]1(Cl)C=Cc2ccccc2C1. The Morgan fingerprint density at radius 3 is 2.92 bits per heavy atom. The average molecular weight is 195 g/mol. The van der Waals surface area contributed by atoms with Crippen LogP contribution in [0, 0.1) is 0 Å². The summed E-state index contributed by atoms with van der Waals surface area (Å²) in [7, 11) is -1.55. The molecule has 62 valence electrons. The molecule has 0 spiro atoms. The van der Waals surface area contributed by atoms with E-state index >= 15 is 0 Å².